The number of rotatable bonds is 4. The van der Waals surface area contributed by atoms with Crippen LogP contribution in [0.5, 0.6) is 0 Å². The second kappa shape index (κ2) is 9.16. The first-order valence-electron chi connectivity index (χ1n) is 12.4. The summed E-state index contributed by atoms with van der Waals surface area (Å²) in [6.07, 6.45) is -0.202. The van der Waals surface area contributed by atoms with Gasteiger partial charge in [-0.05, 0) is 28.8 Å². The van der Waals surface area contributed by atoms with Crippen molar-refractivity contribution in [2.45, 2.75) is 6.17 Å². The van der Waals surface area contributed by atoms with Crippen molar-refractivity contribution in [1.29, 1.82) is 0 Å². The molecular weight excluding hydrogens is 470 g/mol. The minimum atomic E-state index is -0.202. The molecule has 0 saturated heterocycles. The number of hydrogen-bond acceptors (Lipinski definition) is 4. The Bertz CT molecular complexity index is 1790. The van der Waals surface area contributed by atoms with Crippen molar-refractivity contribution in [2.75, 3.05) is 0 Å². The van der Waals surface area contributed by atoms with Crippen molar-refractivity contribution >= 4 is 43.2 Å². The highest BCUT2D eigenvalue weighted by Gasteiger charge is 2.21. The average Bonchev–Trinajstić information content (AvgIpc) is 3.36. The van der Waals surface area contributed by atoms with Crippen LogP contribution in [0.15, 0.2) is 137 Å². The van der Waals surface area contributed by atoms with Gasteiger partial charge in [0.05, 0.1) is 0 Å². The summed E-state index contributed by atoms with van der Waals surface area (Å²) < 4.78 is 2.53. The molecule has 176 valence electrons. The summed E-state index contributed by atoms with van der Waals surface area (Å²) in [5.74, 6) is 1.58. The number of nitrogens with zero attached hydrogens (tertiary/aromatic N) is 2. The van der Waals surface area contributed by atoms with Gasteiger partial charge in [0.15, 0.2) is 5.84 Å². The fraction of sp³-hybridized carbons (Fsp3) is 0.0303. The van der Waals surface area contributed by atoms with Gasteiger partial charge in [-0.25, -0.2) is 9.98 Å². The summed E-state index contributed by atoms with van der Waals surface area (Å²) in [6, 6.07) is 44.4. The van der Waals surface area contributed by atoms with Crippen LogP contribution >= 0.6 is 11.3 Å². The third kappa shape index (κ3) is 4.02. The van der Waals surface area contributed by atoms with Gasteiger partial charge in [0.1, 0.15) is 12.0 Å². The number of amidine groups is 2. The maximum absolute atomic E-state index is 5.05. The largest absolute Gasteiger partial charge is 0.344 e. The van der Waals surface area contributed by atoms with Crippen molar-refractivity contribution in [3.63, 3.8) is 0 Å². The molecule has 3 nitrogen and oxygen atoms in total. The fourth-order valence-corrected chi connectivity index (χ4v) is 6.12. The van der Waals surface area contributed by atoms with E-state index in [1.54, 1.807) is 0 Å². The van der Waals surface area contributed by atoms with Crippen molar-refractivity contribution in [1.82, 2.24) is 5.32 Å². The van der Waals surface area contributed by atoms with Gasteiger partial charge in [-0.15, -0.1) is 11.3 Å². The van der Waals surface area contributed by atoms with Crippen LogP contribution in [0.1, 0.15) is 22.9 Å². The van der Waals surface area contributed by atoms with E-state index in [0.29, 0.717) is 0 Å². The molecule has 4 heteroatoms. The van der Waals surface area contributed by atoms with Crippen LogP contribution in [0.4, 0.5) is 0 Å². The van der Waals surface area contributed by atoms with E-state index in [9.17, 15) is 0 Å². The van der Waals surface area contributed by atoms with Crippen LogP contribution in [0.2, 0.25) is 0 Å². The number of aliphatic imine (C=N–C) groups is 2. The molecule has 37 heavy (non-hydrogen) atoms. The molecule has 6 aromatic rings. The molecule has 0 spiro atoms. The van der Waals surface area contributed by atoms with Gasteiger partial charge in [0, 0.05) is 31.3 Å². The first-order chi connectivity index (χ1) is 18.3. The van der Waals surface area contributed by atoms with Crippen LogP contribution in [-0.2, 0) is 0 Å². The van der Waals surface area contributed by atoms with Crippen LogP contribution in [0, 0.1) is 0 Å². The fourth-order valence-electron chi connectivity index (χ4n) is 4.95. The smallest absolute Gasteiger partial charge is 0.159 e. The number of hydrogen-bond donors (Lipinski definition) is 1. The topological polar surface area (TPSA) is 36.8 Å². The second-order valence-corrected chi connectivity index (χ2v) is 10.2. The quantitative estimate of drug-likeness (QED) is 0.264. The average molecular weight is 494 g/mol. The summed E-state index contributed by atoms with van der Waals surface area (Å²) in [7, 11) is 0. The van der Waals surface area contributed by atoms with E-state index in [1.807, 2.05) is 47.7 Å². The van der Waals surface area contributed by atoms with E-state index < -0.39 is 0 Å². The Hall–Kier alpha value is -4.54. The van der Waals surface area contributed by atoms with Crippen molar-refractivity contribution in [3.05, 3.63) is 144 Å². The zero-order valence-electron chi connectivity index (χ0n) is 20.0. The molecule has 1 atom stereocenters. The number of fused-ring (bicyclic) bond motifs is 3. The summed E-state index contributed by atoms with van der Waals surface area (Å²) in [5, 5.41) is 6.11. The second-order valence-electron chi connectivity index (χ2n) is 9.09. The lowest BCUT2D eigenvalue weighted by atomic mass is 9.99. The zero-order valence-corrected chi connectivity index (χ0v) is 20.8. The van der Waals surface area contributed by atoms with E-state index in [2.05, 4.69) is 96.3 Å². The number of thiophene rings is 1. The highest BCUT2D eigenvalue weighted by atomic mass is 32.1. The molecule has 0 aliphatic carbocycles. The lowest BCUT2D eigenvalue weighted by Crippen LogP contribution is -2.33. The van der Waals surface area contributed by atoms with Crippen molar-refractivity contribution < 1.29 is 0 Å². The van der Waals surface area contributed by atoms with Gasteiger partial charge in [-0.2, -0.15) is 0 Å². The highest BCUT2D eigenvalue weighted by molar-refractivity contribution is 7.26. The third-order valence-corrected chi connectivity index (χ3v) is 7.86. The first-order valence-corrected chi connectivity index (χ1v) is 13.2. The van der Waals surface area contributed by atoms with Gasteiger partial charge >= 0.3 is 0 Å². The van der Waals surface area contributed by atoms with Gasteiger partial charge < -0.3 is 5.32 Å². The molecule has 0 fully saturated rings. The molecule has 0 saturated carbocycles. The monoisotopic (exact) mass is 493 g/mol. The lowest BCUT2D eigenvalue weighted by molar-refractivity contribution is 0.674. The van der Waals surface area contributed by atoms with Gasteiger partial charge in [-0.1, -0.05) is 115 Å². The molecule has 0 bridgehead atoms. The normalized spacial score (nSPS) is 15.3. The summed E-state index contributed by atoms with van der Waals surface area (Å²) in [6.45, 7) is 0. The maximum atomic E-state index is 5.05. The van der Waals surface area contributed by atoms with Crippen LogP contribution in [0.3, 0.4) is 0 Å². The van der Waals surface area contributed by atoms with Gasteiger partial charge in [0.25, 0.3) is 0 Å². The Morgan fingerprint density at radius 2 is 1.30 bits per heavy atom. The van der Waals surface area contributed by atoms with E-state index in [4.69, 9.17) is 9.98 Å². The Balaban J connectivity index is 1.37. The molecule has 1 unspecified atom stereocenters. The predicted molar refractivity (Wildman–Crippen MR) is 157 cm³/mol. The summed E-state index contributed by atoms with van der Waals surface area (Å²) in [4.78, 5) is 10.0. The zero-order chi connectivity index (χ0) is 24.6. The minimum absolute atomic E-state index is 0.202. The van der Waals surface area contributed by atoms with Crippen molar-refractivity contribution in [2.24, 2.45) is 9.98 Å². The standard InChI is InChI=1S/C33H23N3S/c1-4-11-22(12-5-1)26-17-10-18-28-30(26)27-20-19-25(21-29(27)37-28)33-35-31(23-13-6-2-7-14-23)34-32(36-33)24-15-8-3-9-16-24/h1-21,31H,(H,34,35,36). The molecule has 2 heterocycles. The highest BCUT2D eigenvalue weighted by Crippen LogP contribution is 2.40. The van der Waals surface area contributed by atoms with E-state index in [1.165, 1.54) is 31.3 Å². The molecule has 1 N–H and O–H groups in total. The molecule has 0 radical (unpaired) electrons. The number of nitrogens with one attached hydrogen (secondary N) is 1. The Labute approximate surface area is 219 Å². The van der Waals surface area contributed by atoms with Gasteiger partial charge in [0.2, 0.25) is 0 Å². The Morgan fingerprint density at radius 3 is 2.05 bits per heavy atom. The van der Waals surface area contributed by atoms with E-state index in [-0.39, 0.29) is 6.17 Å². The molecule has 1 aromatic heterocycles. The van der Waals surface area contributed by atoms with Crippen LogP contribution < -0.4 is 5.32 Å². The molecule has 0 amide bonds. The SMILES string of the molecule is c1ccc(C2=NC(c3ccc4c(c3)sc3cccc(-c5ccccc5)c34)=NC(c3ccccc3)N2)cc1. The minimum Gasteiger partial charge on any atom is -0.344 e. The predicted octanol–water partition coefficient (Wildman–Crippen LogP) is 8.22. The van der Waals surface area contributed by atoms with Gasteiger partial charge in [-0.3, -0.25) is 0 Å². The van der Waals surface area contributed by atoms with E-state index in [0.717, 1.165) is 28.4 Å². The maximum Gasteiger partial charge on any atom is 0.159 e. The van der Waals surface area contributed by atoms with Crippen molar-refractivity contribution in [3.8, 4) is 11.1 Å². The molecule has 1 aliphatic heterocycles. The molecular formula is C33H23N3S. The Kier molecular flexibility index (Phi) is 5.38. The molecule has 5 aromatic carbocycles. The number of benzene rings is 5. The van der Waals surface area contributed by atoms with E-state index >= 15 is 0 Å². The van der Waals surface area contributed by atoms with Crippen LogP contribution in [0.25, 0.3) is 31.3 Å². The lowest BCUT2D eigenvalue weighted by Gasteiger charge is -2.23. The summed E-state index contributed by atoms with van der Waals surface area (Å²) >= 11 is 1.82. The molecule has 7 rings (SSSR count). The third-order valence-electron chi connectivity index (χ3n) is 6.75. The first kappa shape index (κ1) is 21.7. The summed E-state index contributed by atoms with van der Waals surface area (Å²) in [5.41, 5.74) is 5.69. The molecule has 1 aliphatic rings. The van der Waals surface area contributed by atoms with Crippen LogP contribution in [-0.4, -0.2) is 11.7 Å². The Morgan fingerprint density at radius 1 is 0.595 bits per heavy atom.